The Bertz CT molecular complexity index is 2580. The third-order valence-corrected chi connectivity index (χ3v) is 10.1. The fourth-order valence-electron chi connectivity index (χ4n) is 7.88. The van der Waals surface area contributed by atoms with Gasteiger partial charge in [0.15, 0.2) is 0 Å². The SMILES string of the molecule is c1ccc(-c2c(-c3ccccn3)c(-c3ccccn3)c3c(-c4ccccn4)c(-c4ccccn4)c(-c4ccccn4)c(-c4ccccn4)c3c2-c2ccccn2)nc1. The van der Waals surface area contributed by atoms with Crippen LogP contribution in [0.15, 0.2) is 195 Å². The first-order valence-corrected chi connectivity index (χ1v) is 18.9. The maximum Gasteiger partial charge on any atom is 0.0716 e. The second-order valence-electron chi connectivity index (χ2n) is 13.5. The monoisotopic (exact) mass is 744 g/mol. The third kappa shape index (κ3) is 6.06. The molecule has 58 heavy (non-hydrogen) atoms. The van der Waals surface area contributed by atoms with E-state index in [1.54, 1.807) is 0 Å². The third-order valence-electron chi connectivity index (χ3n) is 10.1. The summed E-state index contributed by atoms with van der Waals surface area (Å²) in [5, 5.41) is 1.78. The van der Waals surface area contributed by atoms with Crippen LogP contribution in [0.3, 0.4) is 0 Å². The highest BCUT2D eigenvalue weighted by Gasteiger charge is 2.34. The van der Waals surface area contributed by atoms with Crippen LogP contribution >= 0.6 is 0 Å². The molecular formula is C50H32N8. The van der Waals surface area contributed by atoms with Crippen LogP contribution in [0, 0.1) is 0 Å². The highest BCUT2D eigenvalue weighted by molar-refractivity contribution is 6.29. The maximum absolute atomic E-state index is 5.11. The minimum absolute atomic E-state index is 0.750. The highest BCUT2D eigenvalue weighted by Crippen LogP contribution is 2.58. The summed E-state index contributed by atoms with van der Waals surface area (Å²) in [4.78, 5) is 40.7. The molecule has 0 spiro atoms. The molecule has 0 aliphatic rings. The molecule has 8 aromatic heterocycles. The summed E-state index contributed by atoms with van der Waals surface area (Å²) in [5.74, 6) is 0. The van der Waals surface area contributed by atoms with E-state index in [1.165, 1.54) is 0 Å². The topological polar surface area (TPSA) is 103 Å². The lowest BCUT2D eigenvalue weighted by Gasteiger charge is -2.29. The summed E-state index contributed by atoms with van der Waals surface area (Å²) in [6, 6.07) is 48.0. The van der Waals surface area contributed by atoms with E-state index in [-0.39, 0.29) is 0 Å². The van der Waals surface area contributed by atoms with Gasteiger partial charge in [0.1, 0.15) is 0 Å². The van der Waals surface area contributed by atoms with E-state index < -0.39 is 0 Å². The predicted molar refractivity (Wildman–Crippen MR) is 230 cm³/mol. The summed E-state index contributed by atoms with van der Waals surface area (Å²) in [6.07, 6.45) is 14.6. The van der Waals surface area contributed by atoms with E-state index in [1.807, 2.05) is 171 Å². The zero-order valence-corrected chi connectivity index (χ0v) is 31.1. The minimum atomic E-state index is 0.750. The van der Waals surface area contributed by atoms with Gasteiger partial charge in [-0.15, -0.1) is 0 Å². The summed E-state index contributed by atoms with van der Waals surface area (Å²) in [5.41, 5.74) is 12.9. The van der Waals surface area contributed by atoms with Gasteiger partial charge >= 0.3 is 0 Å². The first-order valence-electron chi connectivity index (χ1n) is 18.9. The number of rotatable bonds is 8. The molecule has 0 aliphatic carbocycles. The molecule has 0 fully saturated rings. The van der Waals surface area contributed by atoms with Gasteiger partial charge in [0.25, 0.3) is 0 Å². The van der Waals surface area contributed by atoms with Crippen molar-refractivity contribution in [3.63, 3.8) is 0 Å². The van der Waals surface area contributed by atoms with Crippen LogP contribution in [0.5, 0.6) is 0 Å². The standard InChI is InChI=1S/C50H32N8/c1-9-25-51-33(17-1)41-42(34-18-2-10-26-52-34)46(38-22-6-14-30-56-38)50-48(40-24-8-16-32-58-40)44(36-20-4-12-28-54-36)43(35-19-3-11-27-53-35)47(39-23-7-15-31-57-39)49(50)45(41)37-21-5-13-29-55-37/h1-32H. The Morgan fingerprint density at radius 2 is 0.328 bits per heavy atom. The average molecular weight is 745 g/mol. The van der Waals surface area contributed by atoms with Gasteiger partial charge in [-0.2, -0.15) is 0 Å². The molecule has 0 N–H and O–H groups in total. The van der Waals surface area contributed by atoms with Gasteiger partial charge in [0, 0.05) is 105 Å². The predicted octanol–water partition coefficient (Wildman–Crippen LogP) is 11.3. The van der Waals surface area contributed by atoms with E-state index in [9.17, 15) is 0 Å². The Morgan fingerprint density at radius 1 is 0.172 bits per heavy atom. The van der Waals surface area contributed by atoms with Gasteiger partial charge in [0.2, 0.25) is 0 Å². The van der Waals surface area contributed by atoms with Crippen molar-refractivity contribution >= 4 is 10.8 Å². The van der Waals surface area contributed by atoms with Crippen LogP contribution in [-0.4, -0.2) is 39.9 Å². The second kappa shape index (κ2) is 15.2. The molecule has 272 valence electrons. The summed E-state index contributed by atoms with van der Waals surface area (Å²) in [7, 11) is 0. The highest BCUT2D eigenvalue weighted by atomic mass is 14.8. The van der Waals surface area contributed by atoms with Crippen LogP contribution in [0.4, 0.5) is 0 Å². The largest absolute Gasteiger partial charge is 0.256 e. The Morgan fingerprint density at radius 3 is 0.466 bits per heavy atom. The minimum Gasteiger partial charge on any atom is -0.256 e. The lowest BCUT2D eigenvalue weighted by Crippen LogP contribution is -2.06. The van der Waals surface area contributed by atoms with E-state index in [0.717, 1.165) is 101 Å². The molecule has 10 aromatic rings. The van der Waals surface area contributed by atoms with Crippen LogP contribution in [0.2, 0.25) is 0 Å². The van der Waals surface area contributed by atoms with Gasteiger partial charge in [-0.05, 0) is 97.1 Å². The summed E-state index contributed by atoms with van der Waals surface area (Å²) < 4.78 is 0. The maximum atomic E-state index is 5.11. The van der Waals surface area contributed by atoms with Crippen molar-refractivity contribution in [1.29, 1.82) is 0 Å². The molecule has 0 radical (unpaired) electrons. The molecule has 0 aliphatic heterocycles. The first-order chi connectivity index (χ1) is 28.9. The van der Waals surface area contributed by atoms with Crippen LogP contribution in [0.1, 0.15) is 0 Å². The lowest BCUT2D eigenvalue weighted by atomic mass is 9.75. The quantitative estimate of drug-likeness (QED) is 0.151. The zero-order chi connectivity index (χ0) is 38.7. The van der Waals surface area contributed by atoms with Crippen LogP contribution in [-0.2, 0) is 0 Å². The molecule has 0 saturated carbocycles. The molecule has 0 amide bonds. The fraction of sp³-hybridized carbons (Fsp3) is 0. The molecule has 0 atom stereocenters. The van der Waals surface area contributed by atoms with Gasteiger partial charge in [-0.25, -0.2) is 0 Å². The number of fused-ring (bicyclic) bond motifs is 1. The Balaban J connectivity index is 1.64. The molecule has 0 bridgehead atoms. The van der Waals surface area contributed by atoms with Crippen molar-refractivity contribution in [3.8, 4) is 90.1 Å². The zero-order valence-electron chi connectivity index (χ0n) is 31.1. The van der Waals surface area contributed by atoms with Crippen molar-refractivity contribution < 1.29 is 0 Å². The van der Waals surface area contributed by atoms with E-state index in [0.29, 0.717) is 0 Å². The van der Waals surface area contributed by atoms with Crippen molar-refractivity contribution in [2.75, 3.05) is 0 Å². The van der Waals surface area contributed by atoms with Gasteiger partial charge in [-0.1, -0.05) is 48.5 Å². The summed E-state index contributed by atoms with van der Waals surface area (Å²) >= 11 is 0. The van der Waals surface area contributed by atoms with Crippen LogP contribution < -0.4 is 0 Å². The van der Waals surface area contributed by atoms with Crippen molar-refractivity contribution in [3.05, 3.63) is 195 Å². The Hall–Kier alpha value is -8.10. The first kappa shape index (κ1) is 34.4. The molecule has 8 nitrogen and oxygen atoms in total. The number of hydrogen-bond donors (Lipinski definition) is 0. The molecule has 8 heteroatoms. The Labute approximate surface area is 334 Å². The average Bonchev–Trinajstić information content (AvgIpc) is 3.32. The lowest BCUT2D eigenvalue weighted by molar-refractivity contribution is 1.27. The van der Waals surface area contributed by atoms with E-state index >= 15 is 0 Å². The molecular weight excluding hydrogens is 713 g/mol. The van der Waals surface area contributed by atoms with E-state index in [4.69, 9.17) is 39.9 Å². The second-order valence-corrected chi connectivity index (χ2v) is 13.5. The Kier molecular flexibility index (Phi) is 9.02. The fourth-order valence-corrected chi connectivity index (χ4v) is 7.88. The molecule has 8 heterocycles. The van der Waals surface area contributed by atoms with Crippen molar-refractivity contribution in [1.82, 2.24) is 39.9 Å². The molecule has 10 rings (SSSR count). The van der Waals surface area contributed by atoms with Crippen LogP contribution in [0.25, 0.3) is 101 Å². The van der Waals surface area contributed by atoms with E-state index in [2.05, 4.69) is 24.3 Å². The summed E-state index contributed by atoms with van der Waals surface area (Å²) in [6.45, 7) is 0. The van der Waals surface area contributed by atoms with Gasteiger partial charge in [0.05, 0.1) is 45.6 Å². The van der Waals surface area contributed by atoms with Crippen molar-refractivity contribution in [2.45, 2.75) is 0 Å². The normalized spacial score (nSPS) is 11.1. The molecule has 0 saturated heterocycles. The number of pyridine rings is 8. The number of nitrogens with zero attached hydrogens (tertiary/aromatic N) is 8. The smallest absolute Gasteiger partial charge is 0.0716 e. The molecule has 0 unspecified atom stereocenters. The molecule has 2 aromatic carbocycles. The number of aromatic nitrogens is 8. The number of hydrogen-bond acceptors (Lipinski definition) is 8. The number of benzene rings is 2. The van der Waals surface area contributed by atoms with Gasteiger partial charge in [-0.3, -0.25) is 39.9 Å². The van der Waals surface area contributed by atoms with Gasteiger partial charge < -0.3 is 0 Å². The van der Waals surface area contributed by atoms with Crippen molar-refractivity contribution in [2.24, 2.45) is 0 Å².